The standard InChI is InChI=1S/C9H10BrF3N2/c10-6-1-2-8(15-5-6)3-7(14)4-9(11,12)13/h1-2,5,7H,3-4,14H2. The summed E-state index contributed by atoms with van der Waals surface area (Å²) in [5.74, 6) is 0. The summed E-state index contributed by atoms with van der Waals surface area (Å²) in [6.45, 7) is 0. The lowest BCUT2D eigenvalue weighted by molar-refractivity contribution is -0.138. The van der Waals surface area contributed by atoms with Crippen molar-refractivity contribution < 1.29 is 13.2 Å². The number of rotatable bonds is 3. The lowest BCUT2D eigenvalue weighted by atomic mass is 10.1. The number of aromatic nitrogens is 1. The number of pyridine rings is 1. The van der Waals surface area contributed by atoms with Crippen molar-refractivity contribution in [1.82, 2.24) is 4.98 Å². The highest BCUT2D eigenvalue weighted by Crippen LogP contribution is 2.22. The summed E-state index contributed by atoms with van der Waals surface area (Å²) in [5.41, 5.74) is 5.92. The second kappa shape index (κ2) is 4.94. The zero-order chi connectivity index (χ0) is 11.5. The molecule has 0 bridgehead atoms. The number of halogens is 4. The van der Waals surface area contributed by atoms with Crippen LogP contribution in [0.1, 0.15) is 12.1 Å². The number of alkyl halides is 3. The molecule has 1 heterocycles. The van der Waals surface area contributed by atoms with Crippen LogP contribution in [0.4, 0.5) is 13.2 Å². The second-order valence-corrected chi connectivity index (χ2v) is 4.17. The van der Waals surface area contributed by atoms with Crippen LogP contribution >= 0.6 is 15.9 Å². The Morgan fingerprint density at radius 1 is 1.40 bits per heavy atom. The van der Waals surface area contributed by atoms with Gasteiger partial charge in [-0.25, -0.2) is 0 Å². The normalized spacial score (nSPS) is 13.9. The molecule has 0 amide bonds. The van der Waals surface area contributed by atoms with Crippen LogP contribution in [0.3, 0.4) is 0 Å². The van der Waals surface area contributed by atoms with Gasteiger partial charge in [0, 0.05) is 28.8 Å². The first-order valence-corrected chi connectivity index (χ1v) is 5.09. The Hall–Kier alpha value is -0.620. The van der Waals surface area contributed by atoms with E-state index in [1.165, 1.54) is 6.20 Å². The highest BCUT2D eigenvalue weighted by molar-refractivity contribution is 9.10. The Kier molecular flexibility index (Phi) is 4.10. The Morgan fingerprint density at radius 2 is 2.07 bits per heavy atom. The molecule has 0 fully saturated rings. The SMILES string of the molecule is NC(Cc1ccc(Br)cn1)CC(F)(F)F. The van der Waals surface area contributed by atoms with E-state index in [9.17, 15) is 13.2 Å². The molecule has 1 rings (SSSR count). The fraction of sp³-hybridized carbons (Fsp3) is 0.444. The lowest BCUT2D eigenvalue weighted by Gasteiger charge is -2.13. The summed E-state index contributed by atoms with van der Waals surface area (Å²) < 4.78 is 36.7. The zero-order valence-corrected chi connectivity index (χ0v) is 9.35. The van der Waals surface area contributed by atoms with E-state index in [1.54, 1.807) is 12.1 Å². The molecule has 0 aromatic carbocycles. The molecule has 1 unspecified atom stereocenters. The summed E-state index contributed by atoms with van der Waals surface area (Å²) in [5, 5.41) is 0. The van der Waals surface area contributed by atoms with E-state index in [-0.39, 0.29) is 6.42 Å². The van der Waals surface area contributed by atoms with Crippen LogP contribution in [-0.2, 0) is 6.42 Å². The fourth-order valence-corrected chi connectivity index (χ4v) is 1.40. The van der Waals surface area contributed by atoms with Crippen molar-refractivity contribution in [3.63, 3.8) is 0 Å². The summed E-state index contributed by atoms with van der Waals surface area (Å²) in [6.07, 6.45) is -3.53. The number of nitrogens with two attached hydrogens (primary N) is 1. The Labute approximate surface area is 93.8 Å². The van der Waals surface area contributed by atoms with Crippen LogP contribution in [0.25, 0.3) is 0 Å². The van der Waals surface area contributed by atoms with Crippen LogP contribution in [-0.4, -0.2) is 17.2 Å². The Morgan fingerprint density at radius 3 is 2.53 bits per heavy atom. The topological polar surface area (TPSA) is 38.9 Å². The van der Waals surface area contributed by atoms with E-state index < -0.39 is 18.6 Å². The van der Waals surface area contributed by atoms with Crippen molar-refractivity contribution in [2.45, 2.75) is 25.1 Å². The van der Waals surface area contributed by atoms with Gasteiger partial charge < -0.3 is 5.73 Å². The quantitative estimate of drug-likeness (QED) is 0.926. The van der Waals surface area contributed by atoms with Gasteiger partial charge in [-0.2, -0.15) is 13.2 Å². The maximum Gasteiger partial charge on any atom is 0.390 e. The largest absolute Gasteiger partial charge is 0.390 e. The minimum absolute atomic E-state index is 0.132. The molecule has 0 aliphatic heterocycles. The van der Waals surface area contributed by atoms with Crippen molar-refractivity contribution in [2.24, 2.45) is 5.73 Å². The van der Waals surface area contributed by atoms with Crippen molar-refractivity contribution in [1.29, 1.82) is 0 Å². The third kappa shape index (κ3) is 5.13. The van der Waals surface area contributed by atoms with Gasteiger partial charge in [0.15, 0.2) is 0 Å². The summed E-state index contributed by atoms with van der Waals surface area (Å²) in [7, 11) is 0. The first-order chi connectivity index (χ1) is 6.87. The minimum Gasteiger partial charge on any atom is -0.327 e. The molecule has 1 aromatic heterocycles. The van der Waals surface area contributed by atoms with Crippen molar-refractivity contribution in [3.8, 4) is 0 Å². The summed E-state index contributed by atoms with van der Waals surface area (Å²) >= 11 is 3.19. The van der Waals surface area contributed by atoms with Gasteiger partial charge in [0.1, 0.15) is 0 Å². The van der Waals surface area contributed by atoms with Crippen molar-refractivity contribution >= 4 is 15.9 Å². The van der Waals surface area contributed by atoms with Crippen LogP contribution in [0.2, 0.25) is 0 Å². The predicted octanol–water partition coefficient (Wildman–Crippen LogP) is 2.67. The molecular weight excluding hydrogens is 273 g/mol. The number of nitrogens with zero attached hydrogens (tertiary/aromatic N) is 1. The molecule has 0 aliphatic carbocycles. The van der Waals surface area contributed by atoms with Gasteiger partial charge in [-0.3, -0.25) is 4.98 Å². The van der Waals surface area contributed by atoms with Crippen molar-refractivity contribution in [3.05, 3.63) is 28.5 Å². The number of hydrogen-bond donors (Lipinski definition) is 1. The highest BCUT2D eigenvalue weighted by atomic mass is 79.9. The smallest absolute Gasteiger partial charge is 0.327 e. The second-order valence-electron chi connectivity index (χ2n) is 3.25. The molecule has 0 aliphatic rings. The van der Waals surface area contributed by atoms with E-state index in [0.29, 0.717) is 5.69 Å². The average Bonchev–Trinajstić information content (AvgIpc) is 2.05. The minimum atomic E-state index is -4.21. The molecule has 0 spiro atoms. The van der Waals surface area contributed by atoms with E-state index in [2.05, 4.69) is 20.9 Å². The van der Waals surface area contributed by atoms with E-state index in [1.807, 2.05) is 0 Å². The first-order valence-electron chi connectivity index (χ1n) is 4.29. The third-order valence-corrected chi connectivity index (χ3v) is 2.22. The fourth-order valence-electron chi connectivity index (χ4n) is 1.17. The zero-order valence-electron chi connectivity index (χ0n) is 7.76. The van der Waals surface area contributed by atoms with Gasteiger partial charge in [0.2, 0.25) is 0 Å². The van der Waals surface area contributed by atoms with Gasteiger partial charge in [-0.1, -0.05) is 0 Å². The Balaban J connectivity index is 2.51. The first kappa shape index (κ1) is 12.4. The van der Waals surface area contributed by atoms with E-state index in [0.717, 1.165) is 4.47 Å². The molecular formula is C9H10BrF3N2. The Bertz CT molecular complexity index is 310. The molecule has 6 heteroatoms. The predicted molar refractivity (Wildman–Crippen MR) is 54.3 cm³/mol. The van der Waals surface area contributed by atoms with Gasteiger partial charge >= 0.3 is 6.18 Å². The summed E-state index contributed by atoms with van der Waals surface area (Å²) in [4.78, 5) is 3.95. The maximum atomic E-state index is 12.0. The van der Waals surface area contributed by atoms with Crippen LogP contribution in [0.5, 0.6) is 0 Å². The van der Waals surface area contributed by atoms with E-state index >= 15 is 0 Å². The average molecular weight is 283 g/mol. The molecule has 1 atom stereocenters. The third-order valence-electron chi connectivity index (χ3n) is 1.75. The molecule has 2 nitrogen and oxygen atoms in total. The molecule has 15 heavy (non-hydrogen) atoms. The van der Waals surface area contributed by atoms with Gasteiger partial charge in [-0.05, 0) is 28.1 Å². The van der Waals surface area contributed by atoms with Gasteiger partial charge in [-0.15, -0.1) is 0 Å². The van der Waals surface area contributed by atoms with Crippen LogP contribution in [0.15, 0.2) is 22.8 Å². The molecule has 0 radical (unpaired) electrons. The van der Waals surface area contributed by atoms with Gasteiger partial charge in [0.05, 0.1) is 6.42 Å². The highest BCUT2D eigenvalue weighted by Gasteiger charge is 2.30. The lowest BCUT2D eigenvalue weighted by Crippen LogP contribution is -2.29. The molecule has 2 N–H and O–H groups in total. The molecule has 0 saturated heterocycles. The van der Waals surface area contributed by atoms with Crippen LogP contribution < -0.4 is 5.73 Å². The molecule has 0 saturated carbocycles. The maximum absolute atomic E-state index is 12.0. The molecule has 84 valence electrons. The van der Waals surface area contributed by atoms with Crippen molar-refractivity contribution in [2.75, 3.05) is 0 Å². The van der Waals surface area contributed by atoms with Gasteiger partial charge in [0.25, 0.3) is 0 Å². The monoisotopic (exact) mass is 282 g/mol. The van der Waals surface area contributed by atoms with Crippen LogP contribution in [0, 0.1) is 0 Å². The molecule has 1 aromatic rings. The van der Waals surface area contributed by atoms with E-state index in [4.69, 9.17) is 5.73 Å². The number of hydrogen-bond acceptors (Lipinski definition) is 2. The summed E-state index contributed by atoms with van der Waals surface area (Å²) in [6, 6.07) is 2.45.